The van der Waals surface area contributed by atoms with Crippen molar-refractivity contribution in [2.24, 2.45) is 0 Å². The lowest BCUT2D eigenvalue weighted by atomic mass is 10.0. The topological polar surface area (TPSA) is 84.6 Å². The molecule has 1 atom stereocenters. The third kappa shape index (κ3) is 3.04. The summed E-state index contributed by atoms with van der Waals surface area (Å²) in [5.74, 6) is 0. The summed E-state index contributed by atoms with van der Waals surface area (Å²) in [6, 6.07) is 6.59. The van der Waals surface area contributed by atoms with Crippen LogP contribution in [0.2, 0.25) is 0 Å². The summed E-state index contributed by atoms with van der Waals surface area (Å²) in [4.78, 5) is 10.4. The average Bonchev–Trinajstić information content (AvgIpc) is 2.77. The summed E-state index contributed by atoms with van der Waals surface area (Å²) in [7, 11) is 0. The number of nitro benzene ring substituents is 1. The van der Waals surface area contributed by atoms with Crippen LogP contribution in [0.25, 0.3) is 0 Å². The van der Waals surface area contributed by atoms with Gasteiger partial charge in [-0.15, -0.1) is 0 Å². The molecule has 6 nitrogen and oxygen atoms in total. The number of para-hydroxylation sites is 1. The molecule has 6 heteroatoms. The number of ether oxygens (including phenoxy) is 1. The van der Waals surface area contributed by atoms with Gasteiger partial charge >= 0.3 is 0 Å². The van der Waals surface area contributed by atoms with E-state index in [1.807, 2.05) is 0 Å². The van der Waals surface area contributed by atoms with E-state index in [9.17, 15) is 15.2 Å². The van der Waals surface area contributed by atoms with Crippen LogP contribution in [0, 0.1) is 10.1 Å². The van der Waals surface area contributed by atoms with Crippen molar-refractivity contribution in [1.29, 1.82) is 0 Å². The van der Waals surface area contributed by atoms with Gasteiger partial charge in [-0.3, -0.25) is 10.1 Å². The van der Waals surface area contributed by atoms with Gasteiger partial charge in [0.05, 0.1) is 11.5 Å². The van der Waals surface area contributed by atoms with Crippen molar-refractivity contribution in [2.75, 3.05) is 19.8 Å². The van der Waals surface area contributed by atoms with Crippen molar-refractivity contribution in [3.63, 3.8) is 0 Å². The second kappa shape index (κ2) is 5.43. The van der Waals surface area contributed by atoms with Crippen molar-refractivity contribution in [2.45, 2.75) is 18.6 Å². The van der Waals surface area contributed by atoms with Crippen LogP contribution in [0.3, 0.4) is 0 Å². The molecule has 0 aliphatic carbocycles. The standard InChI is InChI=1S/C12H16N2O4/c15-12(5-6-18-9-12)8-13-7-10-3-1-2-4-11(10)14(16)17/h1-4,13,15H,5-9H2. The molecule has 1 saturated heterocycles. The maximum Gasteiger partial charge on any atom is 0.273 e. The van der Waals surface area contributed by atoms with Crippen LogP contribution in [0.4, 0.5) is 5.69 Å². The molecular weight excluding hydrogens is 236 g/mol. The highest BCUT2D eigenvalue weighted by Gasteiger charge is 2.31. The van der Waals surface area contributed by atoms with Crippen LogP contribution in [0.1, 0.15) is 12.0 Å². The fourth-order valence-electron chi connectivity index (χ4n) is 2.00. The van der Waals surface area contributed by atoms with Crippen LogP contribution in [0.5, 0.6) is 0 Å². The second-order valence-electron chi connectivity index (χ2n) is 4.52. The molecule has 0 amide bonds. The minimum atomic E-state index is -0.844. The largest absolute Gasteiger partial charge is 0.386 e. The highest BCUT2D eigenvalue weighted by atomic mass is 16.6. The normalized spacial score (nSPS) is 23.2. The Kier molecular flexibility index (Phi) is 3.90. The zero-order valence-electron chi connectivity index (χ0n) is 9.96. The predicted octanol–water partition coefficient (Wildman–Crippen LogP) is 0.836. The van der Waals surface area contributed by atoms with E-state index >= 15 is 0 Å². The maximum absolute atomic E-state index is 10.8. The van der Waals surface area contributed by atoms with Gasteiger partial charge in [0, 0.05) is 37.7 Å². The van der Waals surface area contributed by atoms with Gasteiger partial charge < -0.3 is 15.2 Å². The van der Waals surface area contributed by atoms with Gasteiger partial charge in [-0.1, -0.05) is 18.2 Å². The van der Waals surface area contributed by atoms with E-state index in [1.165, 1.54) is 6.07 Å². The number of aliphatic hydroxyl groups is 1. The van der Waals surface area contributed by atoms with Gasteiger partial charge in [-0.25, -0.2) is 0 Å². The molecule has 1 aromatic carbocycles. The first-order chi connectivity index (χ1) is 8.61. The first kappa shape index (κ1) is 12.9. The Morgan fingerprint density at radius 2 is 2.28 bits per heavy atom. The summed E-state index contributed by atoms with van der Waals surface area (Å²) < 4.78 is 5.13. The van der Waals surface area contributed by atoms with E-state index in [-0.39, 0.29) is 5.69 Å². The van der Waals surface area contributed by atoms with Crippen molar-refractivity contribution in [3.8, 4) is 0 Å². The summed E-state index contributed by atoms with van der Waals surface area (Å²) in [6.45, 7) is 1.61. The number of nitro groups is 1. The summed E-state index contributed by atoms with van der Waals surface area (Å²) in [6.07, 6.45) is 0.594. The first-order valence-corrected chi connectivity index (χ1v) is 5.84. The van der Waals surface area contributed by atoms with E-state index in [0.717, 1.165) is 0 Å². The van der Waals surface area contributed by atoms with E-state index in [1.54, 1.807) is 18.2 Å². The fraction of sp³-hybridized carbons (Fsp3) is 0.500. The van der Waals surface area contributed by atoms with E-state index in [0.29, 0.717) is 38.3 Å². The van der Waals surface area contributed by atoms with Gasteiger partial charge in [-0.05, 0) is 0 Å². The van der Waals surface area contributed by atoms with E-state index in [4.69, 9.17) is 4.74 Å². The Hall–Kier alpha value is -1.50. The highest BCUT2D eigenvalue weighted by Crippen LogP contribution is 2.19. The van der Waals surface area contributed by atoms with Crippen LogP contribution in [-0.4, -0.2) is 35.4 Å². The molecule has 1 aliphatic heterocycles. The number of hydrogen-bond acceptors (Lipinski definition) is 5. The zero-order valence-corrected chi connectivity index (χ0v) is 9.96. The molecule has 1 aromatic rings. The number of hydrogen-bond donors (Lipinski definition) is 2. The number of benzene rings is 1. The summed E-state index contributed by atoms with van der Waals surface area (Å²) in [5, 5.41) is 23.9. The fourth-order valence-corrected chi connectivity index (χ4v) is 2.00. The molecule has 0 spiro atoms. The molecule has 2 rings (SSSR count). The highest BCUT2D eigenvalue weighted by molar-refractivity contribution is 5.39. The Morgan fingerprint density at radius 1 is 1.50 bits per heavy atom. The molecule has 1 aliphatic rings. The van der Waals surface area contributed by atoms with Gasteiger partial charge in [0.2, 0.25) is 0 Å². The van der Waals surface area contributed by atoms with Crippen LogP contribution < -0.4 is 5.32 Å². The predicted molar refractivity (Wildman–Crippen MR) is 65.2 cm³/mol. The SMILES string of the molecule is O=[N+]([O-])c1ccccc1CNCC1(O)CCOC1. The molecule has 2 N–H and O–H groups in total. The average molecular weight is 252 g/mol. The van der Waals surface area contributed by atoms with Crippen molar-refractivity contribution in [1.82, 2.24) is 5.32 Å². The Morgan fingerprint density at radius 3 is 2.94 bits per heavy atom. The van der Waals surface area contributed by atoms with Crippen molar-refractivity contribution >= 4 is 5.69 Å². The van der Waals surface area contributed by atoms with Crippen molar-refractivity contribution < 1.29 is 14.8 Å². The van der Waals surface area contributed by atoms with Crippen molar-refractivity contribution in [3.05, 3.63) is 39.9 Å². The van der Waals surface area contributed by atoms with Gasteiger partial charge in [0.15, 0.2) is 0 Å². The summed E-state index contributed by atoms with van der Waals surface area (Å²) >= 11 is 0. The van der Waals surface area contributed by atoms with Gasteiger partial charge in [0.25, 0.3) is 5.69 Å². The molecule has 0 bridgehead atoms. The van der Waals surface area contributed by atoms with Gasteiger partial charge in [-0.2, -0.15) is 0 Å². The number of nitrogens with zero attached hydrogens (tertiary/aromatic N) is 1. The quantitative estimate of drug-likeness (QED) is 0.599. The lowest BCUT2D eigenvalue weighted by Gasteiger charge is -2.20. The maximum atomic E-state index is 10.8. The third-order valence-electron chi connectivity index (χ3n) is 3.04. The number of rotatable bonds is 5. The Labute approximate surface area is 105 Å². The lowest BCUT2D eigenvalue weighted by Crippen LogP contribution is -2.40. The van der Waals surface area contributed by atoms with E-state index < -0.39 is 10.5 Å². The second-order valence-corrected chi connectivity index (χ2v) is 4.52. The monoisotopic (exact) mass is 252 g/mol. The number of nitrogens with one attached hydrogen (secondary N) is 1. The summed E-state index contributed by atoms with van der Waals surface area (Å²) in [5.41, 5.74) is -0.131. The molecule has 18 heavy (non-hydrogen) atoms. The molecule has 1 unspecified atom stereocenters. The molecular formula is C12H16N2O4. The molecule has 0 saturated carbocycles. The zero-order chi connectivity index (χ0) is 13.0. The molecule has 1 heterocycles. The molecule has 0 aromatic heterocycles. The Balaban J connectivity index is 1.92. The van der Waals surface area contributed by atoms with Crippen LogP contribution >= 0.6 is 0 Å². The van der Waals surface area contributed by atoms with Crippen LogP contribution in [0.15, 0.2) is 24.3 Å². The van der Waals surface area contributed by atoms with Crippen LogP contribution in [-0.2, 0) is 11.3 Å². The van der Waals surface area contributed by atoms with Gasteiger partial charge in [0.1, 0.15) is 5.60 Å². The molecule has 98 valence electrons. The minimum Gasteiger partial charge on any atom is -0.386 e. The first-order valence-electron chi connectivity index (χ1n) is 5.84. The lowest BCUT2D eigenvalue weighted by molar-refractivity contribution is -0.385. The Bertz CT molecular complexity index is 430. The molecule has 1 fully saturated rings. The third-order valence-corrected chi connectivity index (χ3v) is 3.04. The molecule has 0 radical (unpaired) electrons. The smallest absolute Gasteiger partial charge is 0.273 e. The minimum absolute atomic E-state index is 0.0969. The van der Waals surface area contributed by atoms with E-state index in [2.05, 4.69) is 5.32 Å².